The van der Waals surface area contributed by atoms with Gasteiger partial charge < -0.3 is 39.2 Å². The molecule has 2 N–H and O–H groups in total. The number of fused-ring (bicyclic) bond motifs is 6. The fraction of sp³-hybridized carbons (Fsp3) is 0.352. The number of ether oxygens (including phenoxy) is 4. The van der Waals surface area contributed by atoms with E-state index in [1.165, 1.54) is 41.9 Å². The van der Waals surface area contributed by atoms with Crippen molar-refractivity contribution in [1.82, 2.24) is 25.0 Å². The molecule has 6 heterocycles. The molecule has 5 aliphatic rings. The molecule has 0 bridgehead atoms. The highest BCUT2D eigenvalue weighted by atomic mass is 16.6. The van der Waals surface area contributed by atoms with Crippen LogP contribution in [0.2, 0.25) is 0 Å². The number of carbonyl (C=O) groups is 8. The van der Waals surface area contributed by atoms with Crippen LogP contribution in [0.25, 0.3) is 0 Å². The van der Waals surface area contributed by atoms with E-state index in [2.05, 4.69) is 22.4 Å². The number of hydrogen-bond acceptors (Lipinski definition) is 15. The summed E-state index contributed by atoms with van der Waals surface area (Å²) in [6, 6.07) is 31.1. The van der Waals surface area contributed by atoms with Crippen molar-refractivity contribution >= 4 is 64.8 Å². The Labute approximate surface area is 527 Å². The first-order valence-corrected chi connectivity index (χ1v) is 30.9. The maximum atomic E-state index is 14.8. The lowest BCUT2D eigenvalue weighted by atomic mass is 9.88. The molecule has 470 valence electrons. The van der Waals surface area contributed by atoms with Crippen molar-refractivity contribution in [2.75, 3.05) is 18.6 Å². The number of nitrogens with one attached hydrogen (secondary N) is 1. The highest BCUT2D eigenvalue weighted by Crippen LogP contribution is 2.43. The molecule has 6 aromatic rings. The van der Waals surface area contributed by atoms with Crippen molar-refractivity contribution in [2.45, 2.75) is 136 Å². The van der Waals surface area contributed by atoms with Gasteiger partial charge in [-0.2, -0.15) is 0 Å². The van der Waals surface area contributed by atoms with Gasteiger partial charge in [0.05, 0.1) is 53.4 Å². The second-order valence-corrected chi connectivity index (χ2v) is 24.2. The summed E-state index contributed by atoms with van der Waals surface area (Å²) in [4.78, 5) is 122. The number of methoxy groups -OCH3 is 1. The average Bonchev–Trinajstić information content (AvgIpc) is 1.68. The predicted octanol–water partition coefficient (Wildman–Crippen LogP) is 9.22. The van der Waals surface area contributed by atoms with Gasteiger partial charge in [0.1, 0.15) is 31.4 Å². The summed E-state index contributed by atoms with van der Waals surface area (Å²) < 4.78 is 24.5. The number of Topliss-reactive ketones (excluding diaryl/α,β-unsaturated/α-hetero) is 2. The number of benzene rings is 5. The molecule has 1 unspecified atom stereocenters. The van der Waals surface area contributed by atoms with E-state index >= 15 is 0 Å². The quantitative estimate of drug-likeness (QED) is 0.0449. The molecule has 1 aromatic heterocycles. The Morgan fingerprint density at radius 3 is 2.08 bits per heavy atom. The molecule has 5 aliphatic heterocycles. The monoisotopic (exact) mass is 1230 g/mol. The van der Waals surface area contributed by atoms with Crippen molar-refractivity contribution in [1.29, 1.82) is 0 Å². The van der Waals surface area contributed by atoms with Crippen LogP contribution in [0.5, 0.6) is 17.2 Å². The minimum atomic E-state index is -1.57. The summed E-state index contributed by atoms with van der Waals surface area (Å²) in [6.07, 6.45) is 6.42. The van der Waals surface area contributed by atoms with Gasteiger partial charge in [0.15, 0.2) is 23.5 Å². The third-order valence-corrected chi connectivity index (χ3v) is 17.7. The Morgan fingerprint density at radius 1 is 0.692 bits per heavy atom. The zero-order chi connectivity index (χ0) is 64.0. The number of aromatic nitrogens is 1. The molecule has 0 spiro atoms. The number of nitrogens with zero attached hydrogens (tertiary/aromatic N) is 6. The molecule has 5 atom stereocenters. The first-order valence-electron chi connectivity index (χ1n) is 30.9. The molecular weight excluding hydrogens is 1160 g/mol. The van der Waals surface area contributed by atoms with Crippen molar-refractivity contribution in [2.24, 2.45) is 16.8 Å². The molecule has 0 aliphatic carbocycles. The van der Waals surface area contributed by atoms with E-state index < -0.39 is 36.2 Å². The maximum absolute atomic E-state index is 14.8. The summed E-state index contributed by atoms with van der Waals surface area (Å²) in [5.74, 6) is -1.80. The number of imide groups is 1. The Morgan fingerprint density at radius 2 is 1.36 bits per heavy atom. The number of aryl methyl sites for hydroxylation is 1. The van der Waals surface area contributed by atoms with Crippen LogP contribution >= 0.6 is 0 Å². The number of aliphatic hydroxyl groups is 1. The average molecular weight is 1230 g/mol. The molecule has 0 saturated heterocycles. The van der Waals surface area contributed by atoms with Crippen molar-refractivity contribution < 1.29 is 62.4 Å². The molecule has 6 amide bonds. The van der Waals surface area contributed by atoms with E-state index in [1.54, 1.807) is 48.4 Å². The fourth-order valence-corrected chi connectivity index (χ4v) is 12.4. The molecule has 11 rings (SSSR count). The lowest BCUT2D eigenvalue weighted by Crippen LogP contribution is -2.55. The van der Waals surface area contributed by atoms with Gasteiger partial charge in [-0.3, -0.25) is 48.4 Å². The zero-order valence-corrected chi connectivity index (χ0v) is 51.6. The fourth-order valence-electron chi connectivity index (χ4n) is 12.4. The number of rotatable bonds is 23. The van der Waals surface area contributed by atoms with Crippen molar-refractivity contribution in [3.05, 3.63) is 189 Å². The highest BCUT2D eigenvalue weighted by Gasteiger charge is 2.46. The van der Waals surface area contributed by atoms with Gasteiger partial charge in [-0.05, 0) is 114 Å². The van der Waals surface area contributed by atoms with Gasteiger partial charge >= 0.3 is 6.09 Å². The van der Waals surface area contributed by atoms with Crippen LogP contribution in [0.15, 0.2) is 133 Å². The van der Waals surface area contributed by atoms with E-state index in [0.29, 0.717) is 66.0 Å². The Bertz CT molecular complexity index is 3880. The first kappa shape index (κ1) is 62.8. The number of aliphatic hydroxyl groups excluding tert-OH is 1. The van der Waals surface area contributed by atoms with Gasteiger partial charge in [0, 0.05) is 81.5 Å². The Kier molecular flexibility index (Phi) is 19.0. The minimum Gasteiger partial charge on any atom is -0.493 e. The van der Waals surface area contributed by atoms with E-state index in [4.69, 9.17) is 23.9 Å². The van der Waals surface area contributed by atoms with Crippen LogP contribution in [0, 0.1) is 18.8 Å². The van der Waals surface area contributed by atoms with Gasteiger partial charge in [-0.15, -0.1) is 0 Å². The van der Waals surface area contributed by atoms with Crippen LogP contribution < -0.4 is 24.4 Å². The number of hydrogen-bond donors (Lipinski definition) is 2. The zero-order valence-electron chi connectivity index (χ0n) is 51.6. The number of amides is 6. The third kappa shape index (κ3) is 14.0. The van der Waals surface area contributed by atoms with Gasteiger partial charge in [-0.25, -0.2) is 9.69 Å². The van der Waals surface area contributed by atoms with Gasteiger partial charge in [0.25, 0.3) is 23.6 Å². The largest absolute Gasteiger partial charge is 0.493 e. The Balaban J connectivity index is 0.728. The highest BCUT2D eigenvalue weighted by molar-refractivity contribution is 6.13. The molecular formula is C71H73N7O13. The number of pyridine rings is 1. The third-order valence-electron chi connectivity index (χ3n) is 17.7. The van der Waals surface area contributed by atoms with Crippen LogP contribution in [-0.2, 0) is 80.9 Å². The summed E-state index contributed by atoms with van der Waals surface area (Å²) in [7, 11) is 1.44. The predicted molar refractivity (Wildman–Crippen MR) is 337 cm³/mol. The second-order valence-electron chi connectivity index (χ2n) is 24.2. The van der Waals surface area contributed by atoms with E-state index in [1.807, 2.05) is 86.5 Å². The SMILES string of the molecule is COc1cc2c(cc1OCc1cc(COc3cc4c(cc3C)C(=O)N3Cc5ccccc5C[C@H]3C=N4)ccn1)N(C(=O)OCc1ccc(CC(=O)[C@H](C)NC(=O)[C@@H](CC(=O)CCCCCN3C(=O)C=CC3=O)C(C)C)cc1)C(O)[C@@H]1Cc3ccccc3CN1C2=O. The van der Waals surface area contributed by atoms with Crippen LogP contribution in [0.1, 0.15) is 124 Å². The number of ketones is 2. The molecule has 91 heavy (non-hydrogen) atoms. The number of unbranched alkanes of at least 4 members (excludes halogenated alkanes) is 2. The lowest BCUT2D eigenvalue weighted by Gasteiger charge is -2.39. The summed E-state index contributed by atoms with van der Waals surface area (Å²) >= 11 is 0. The second kappa shape index (κ2) is 27.5. The van der Waals surface area contributed by atoms with Crippen molar-refractivity contribution in [3.8, 4) is 17.2 Å². The van der Waals surface area contributed by atoms with Gasteiger partial charge in [0.2, 0.25) is 5.91 Å². The minimum absolute atomic E-state index is 0.0139. The smallest absolute Gasteiger partial charge is 0.416 e. The topological polar surface area (TPSA) is 244 Å². The summed E-state index contributed by atoms with van der Waals surface area (Å²) in [6.45, 7) is 8.04. The van der Waals surface area contributed by atoms with Crippen molar-refractivity contribution in [3.63, 3.8) is 0 Å². The standard InChI is InChI=1S/C71H73N7O13/c1-42(2)55(32-54(79)17-7-6-12-26-75-65(81)22-23-66(75)82)67(83)74-44(4)61(80)29-45-18-20-46(21-19-45)39-91-71(87)78-59-35-64(63(88-5)33-57(59)69(85)77-38-51-16-11-9-14-49(51)31-60(77)70(78)86)90-41-52-28-47(24-25-72-52)40-89-62-34-58-56(27-43(62)3)68(84)76-37-50-15-10-8-13-48(50)30-53(76)36-73-58/h8-11,13-16,18-25,27-28,33-36,42,44,53,55,60,70,86H,6-7,12,17,26,29-32,37-41H2,1-5H3,(H,74,83)/t44-,53-,55-,60-,70?/m0/s1. The molecule has 0 saturated carbocycles. The van der Waals surface area contributed by atoms with E-state index in [0.717, 1.165) is 32.7 Å². The van der Waals surface area contributed by atoms with Crippen LogP contribution in [0.3, 0.4) is 0 Å². The van der Waals surface area contributed by atoms with E-state index in [9.17, 15) is 43.5 Å². The lowest BCUT2D eigenvalue weighted by molar-refractivity contribution is -0.137. The molecule has 20 nitrogen and oxygen atoms in total. The van der Waals surface area contributed by atoms with E-state index in [-0.39, 0.29) is 128 Å². The first-order chi connectivity index (χ1) is 43.9. The molecule has 0 fully saturated rings. The normalized spacial score (nSPS) is 17.8. The Hall–Kier alpha value is -9.82. The molecule has 0 radical (unpaired) electrons. The van der Waals surface area contributed by atoms with Crippen LogP contribution in [0.4, 0.5) is 16.2 Å². The summed E-state index contributed by atoms with van der Waals surface area (Å²) in [5, 5.41) is 15.2. The number of anilines is 1. The number of carbonyl (C=O) groups excluding carboxylic acids is 8. The van der Waals surface area contributed by atoms with Crippen LogP contribution in [-0.4, -0.2) is 116 Å². The molecule has 5 aromatic carbocycles. The summed E-state index contributed by atoms with van der Waals surface area (Å²) in [5.41, 5.74) is 8.65. The molecule has 20 heteroatoms. The number of aliphatic imine (C=N–C) groups is 1. The van der Waals surface area contributed by atoms with Gasteiger partial charge in [-0.1, -0.05) is 93.1 Å². The maximum Gasteiger partial charge on any atom is 0.416 e.